The fraction of sp³-hybridized carbons (Fsp3) is 0.227. The van der Waals surface area contributed by atoms with Crippen molar-refractivity contribution in [1.82, 2.24) is 10.2 Å². The van der Waals surface area contributed by atoms with Gasteiger partial charge in [-0.25, -0.2) is 4.39 Å². The van der Waals surface area contributed by atoms with E-state index in [1.165, 1.54) is 25.3 Å². The Bertz CT molecular complexity index is 1010. The Morgan fingerprint density at radius 3 is 2.58 bits per heavy atom. The molecular weight excluding hydrogens is 423 g/mol. The smallest absolute Gasteiger partial charge is 0.293 e. The number of nitrogens with zero attached hydrogens (tertiary/aromatic N) is 1. The first-order valence-corrected chi connectivity index (χ1v) is 10.3. The lowest BCUT2D eigenvalue weighted by molar-refractivity contribution is -0.124. The number of thioether (sulfide) groups is 1. The molecule has 2 aromatic carbocycles. The van der Waals surface area contributed by atoms with Gasteiger partial charge in [0.15, 0.2) is 11.5 Å². The summed E-state index contributed by atoms with van der Waals surface area (Å²) >= 11 is 0.746. The molecule has 1 N–H and O–H groups in total. The number of halogens is 1. The molecule has 2 aromatic rings. The molecule has 0 saturated carbocycles. The number of nitrogens with one attached hydrogen (secondary N) is 1. The molecule has 0 radical (unpaired) electrons. The summed E-state index contributed by atoms with van der Waals surface area (Å²) in [5.41, 5.74) is 0.233. The monoisotopic (exact) mass is 444 g/mol. The van der Waals surface area contributed by atoms with Gasteiger partial charge in [-0.15, -0.1) is 0 Å². The van der Waals surface area contributed by atoms with Gasteiger partial charge in [0, 0.05) is 18.7 Å². The van der Waals surface area contributed by atoms with Gasteiger partial charge in [-0.05, 0) is 36.0 Å². The van der Waals surface area contributed by atoms with Crippen LogP contribution in [-0.2, 0) is 9.59 Å². The highest BCUT2D eigenvalue weighted by Crippen LogP contribution is 2.32. The highest BCUT2D eigenvalue weighted by Gasteiger charge is 2.34. The van der Waals surface area contributed by atoms with E-state index in [0.717, 1.165) is 16.7 Å². The average Bonchev–Trinajstić information content (AvgIpc) is 3.03. The summed E-state index contributed by atoms with van der Waals surface area (Å²) in [4.78, 5) is 37.7. The van der Waals surface area contributed by atoms with Gasteiger partial charge in [-0.2, -0.15) is 0 Å². The van der Waals surface area contributed by atoms with Gasteiger partial charge in [-0.1, -0.05) is 30.3 Å². The minimum Gasteiger partial charge on any atom is -0.493 e. The molecule has 3 amide bonds. The number of rotatable bonds is 9. The third-order valence-corrected chi connectivity index (χ3v) is 5.29. The second kappa shape index (κ2) is 10.6. The summed E-state index contributed by atoms with van der Waals surface area (Å²) in [7, 11) is 1.53. The number of carbonyl (C=O) groups excluding carboxylic acids is 3. The molecule has 1 fully saturated rings. The molecule has 0 aliphatic carbocycles. The van der Waals surface area contributed by atoms with Crippen LogP contribution in [0, 0.1) is 5.82 Å². The molecule has 1 aliphatic rings. The number of hydrogen-bond donors (Lipinski definition) is 1. The van der Waals surface area contributed by atoms with Crippen molar-refractivity contribution < 1.29 is 28.2 Å². The van der Waals surface area contributed by atoms with E-state index in [2.05, 4.69) is 5.32 Å². The van der Waals surface area contributed by atoms with Gasteiger partial charge in [0.05, 0.1) is 25.0 Å². The van der Waals surface area contributed by atoms with Crippen molar-refractivity contribution >= 4 is 34.9 Å². The molecule has 7 nitrogen and oxygen atoms in total. The molecule has 1 aliphatic heterocycles. The van der Waals surface area contributed by atoms with Crippen LogP contribution >= 0.6 is 11.8 Å². The first-order chi connectivity index (χ1) is 15.0. The number of methoxy groups -OCH3 is 1. The summed E-state index contributed by atoms with van der Waals surface area (Å²) in [6.45, 7) is 0.288. The molecule has 0 bridgehead atoms. The third-order valence-electron chi connectivity index (χ3n) is 4.38. The van der Waals surface area contributed by atoms with Crippen molar-refractivity contribution in [2.45, 2.75) is 6.42 Å². The summed E-state index contributed by atoms with van der Waals surface area (Å²) < 4.78 is 24.5. The van der Waals surface area contributed by atoms with Gasteiger partial charge in [0.25, 0.3) is 11.1 Å². The Hall–Kier alpha value is -3.33. The molecular formula is C22H21FN2O5S. The van der Waals surface area contributed by atoms with Crippen LogP contribution in [0.4, 0.5) is 9.18 Å². The van der Waals surface area contributed by atoms with Crippen LogP contribution in [0.15, 0.2) is 53.4 Å². The Morgan fingerprint density at radius 2 is 1.84 bits per heavy atom. The third kappa shape index (κ3) is 5.85. The van der Waals surface area contributed by atoms with Gasteiger partial charge in [-0.3, -0.25) is 19.3 Å². The second-order valence-corrected chi connectivity index (χ2v) is 7.45. The Kier molecular flexibility index (Phi) is 7.66. The van der Waals surface area contributed by atoms with E-state index < -0.39 is 17.0 Å². The van der Waals surface area contributed by atoms with E-state index in [4.69, 9.17) is 9.47 Å². The highest BCUT2D eigenvalue weighted by molar-refractivity contribution is 8.18. The molecule has 0 atom stereocenters. The molecule has 3 rings (SSSR count). The maximum absolute atomic E-state index is 13.8. The van der Waals surface area contributed by atoms with Crippen molar-refractivity contribution in [3.05, 3.63) is 64.8 Å². The van der Waals surface area contributed by atoms with E-state index in [9.17, 15) is 18.8 Å². The SMILES string of the molecule is COc1ccccc1OCCC(=O)NCCN1C(=O)S/C(=C\c2ccccc2F)C1=O. The van der Waals surface area contributed by atoms with Crippen LogP contribution in [0.5, 0.6) is 11.5 Å². The van der Waals surface area contributed by atoms with E-state index in [1.807, 2.05) is 6.07 Å². The van der Waals surface area contributed by atoms with Crippen LogP contribution < -0.4 is 14.8 Å². The van der Waals surface area contributed by atoms with Gasteiger partial charge in [0.2, 0.25) is 5.91 Å². The predicted octanol–water partition coefficient (Wildman–Crippen LogP) is 3.46. The quantitative estimate of drug-likeness (QED) is 0.597. The fourth-order valence-electron chi connectivity index (χ4n) is 2.81. The Balaban J connectivity index is 1.44. The molecule has 1 heterocycles. The maximum Gasteiger partial charge on any atom is 0.293 e. The van der Waals surface area contributed by atoms with Crippen LogP contribution in [0.1, 0.15) is 12.0 Å². The summed E-state index contributed by atoms with van der Waals surface area (Å²) in [5, 5.41) is 2.20. The number of hydrogen-bond acceptors (Lipinski definition) is 6. The molecule has 0 aromatic heterocycles. The second-order valence-electron chi connectivity index (χ2n) is 6.45. The zero-order valence-electron chi connectivity index (χ0n) is 16.8. The van der Waals surface area contributed by atoms with Crippen LogP contribution in [0.2, 0.25) is 0 Å². The highest BCUT2D eigenvalue weighted by atomic mass is 32.2. The Labute approximate surface area is 183 Å². The fourth-order valence-corrected chi connectivity index (χ4v) is 3.67. The zero-order chi connectivity index (χ0) is 22.2. The van der Waals surface area contributed by atoms with Crippen molar-refractivity contribution in [2.75, 3.05) is 26.8 Å². The van der Waals surface area contributed by atoms with E-state index in [-0.39, 0.29) is 42.5 Å². The molecule has 9 heteroatoms. The molecule has 0 unspecified atom stereocenters. The molecule has 0 spiro atoms. The van der Waals surface area contributed by atoms with Gasteiger partial charge < -0.3 is 14.8 Å². The average molecular weight is 444 g/mol. The van der Waals surface area contributed by atoms with Crippen LogP contribution in [-0.4, -0.2) is 48.8 Å². The lowest BCUT2D eigenvalue weighted by atomic mass is 10.2. The molecule has 31 heavy (non-hydrogen) atoms. The van der Waals surface area contributed by atoms with E-state index >= 15 is 0 Å². The zero-order valence-corrected chi connectivity index (χ0v) is 17.6. The summed E-state index contributed by atoms with van der Waals surface area (Å²) in [6, 6.07) is 13.1. The number of carbonyl (C=O) groups is 3. The van der Waals surface area contributed by atoms with Crippen LogP contribution in [0.3, 0.4) is 0 Å². The topological polar surface area (TPSA) is 84.9 Å². The van der Waals surface area contributed by atoms with Crippen molar-refractivity contribution in [3.63, 3.8) is 0 Å². The van der Waals surface area contributed by atoms with Crippen molar-refractivity contribution in [3.8, 4) is 11.5 Å². The predicted molar refractivity (Wildman–Crippen MR) is 115 cm³/mol. The lowest BCUT2D eigenvalue weighted by Crippen LogP contribution is -2.37. The number of imide groups is 1. The normalized spacial score (nSPS) is 14.8. The van der Waals surface area contributed by atoms with E-state index in [0.29, 0.717) is 11.5 Å². The molecule has 1 saturated heterocycles. The van der Waals surface area contributed by atoms with Gasteiger partial charge >= 0.3 is 0 Å². The molecule has 162 valence electrons. The standard InChI is InChI=1S/C22H21FN2O5S/c1-29-17-8-4-5-9-18(17)30-13-10-20(26)24-11-12-25-21(27)19(31-22(25)28)14-15-6-2-3-7-16(15)23/h2-9,14H,10-13H2,1H3,(H,24,26)/b19-14-. The maximum atomic E-state index is 13.8. The lowest BCUT2D eigenvalue weighted by Gasteiger charge is -2.13. The number of amides is 3. The first kappa shape index (κ1) is 22.4. The van der Waals surface area contributed by atoms with Gasteiger partial charge in [0.1, 0.15) is 5.82 Å². The largest absolute Gasteiger partial charge is 0.493 e. The van der Waals surface area contributed by atoms with Crippen molar-refractivity contribution in [1.29, 1.82) is 0 Å². The summed E-state index contributed by atoms with van der Waals surface area (Å²) in [6.07, 6.45) is 1.46. The number of benzene rings is 2. The number of para-hydroxylation sites is 2. The number of ether oxygens (including phenoxy) is 2. The Morgan fingerprint density at radius 1 is 1.13 bits per heavy atom. The summed E-state index contributed by atoms with van der Waals surface area (Å²) in [5.74, 6) is -0.143. The minimum absolute atomic E-state index is 0.0262. The minimum atomic E-state index is -0.507. The van der Waals surface area contributed by atoms with Crippen LogP contribution in [0.25, 0.3) is 6.08 Å². The van der Waals surface area contributed by atoms with E-state index in [1.54, 1.807) is 30.3 Å². The van der Waals surface area contributed by atoms with Crippen molar-refractivity contribution in [2.24, 2.45) is 0 Å². The first-order valence-electron chi connectivity index (χ1n) is 9.52.